The fraction of sp³-hybridized carbons (Fsp3) is 0.714. The molecule has 3 nitrogen and oxygen atoms in total. The molecule has 1 aromatic rings. The number of methoxy groups -OCH3 is 2. The van der Waals surface area contributed by atoms with E-state index in [2.05, 4.69) is 6.92 Å². The number of halogens is 3. The van der Waals surface area contributed by atoms with Gasteiger partial charge in [0.25, 0.3) is 5.97 Å². The fourth-order valence-corrected chi connectivity index (χ4v) is 3.39. The van der Waals surface area contributed by atoms with Gasteiger partial charge in [0.15, 0.2) is 11.6 Å². The van der Waals surface area contributed by atoms with E-state index in [4.69, 9.17) is 9.47 Å². The molecule has 0 amide bonds. The number of hydrogen-bond acceptors (Lipinski definition) is 3. The topological polar surface area (TPSA) is 38.7 Å². The Bertz CT molecular complexity index is 548. The van der Waals surface area contributed by atoms with Gasteiger partial charge in [0, 0.05) is 26.2 Å². The highest BCUT2D eigenvalue weighted by molar-refractivity contribution is 5.20. The Morgan fingerprint density at radius 1 is 0.852 bits per heavy atom. The highest BCUT2D eigenvalue weighted by atomic mass is 19.2. The second-order valence-electron chi connectivity index (χ2n) is 7.04. The summed E-state index contributed by atoms with van der Waals surface area (Å²) < 4.78 is 50.4. The molecule has 0 aliphatic heterocycles. The molecule has 0 heterocycles. The summed E-state index contributed by atoms with van der Waals surface area (Å²) in [5.74, 6) is -4.98. The van der Waals surface area contributed by atoms with Crippen molar-refractivity contribution in [2.24, 2.45) is 5.92 Å². The van der Waals surface area contributed by atoms with Crippen LogP contribution in [0.4, 0.5) is 13.2 Å². The van der Waals surface area contributed by atoms with Crippen molar-refractivity contribution in [3.05, 3.63) is 35.1 Å². The lowest BCUT2D eigenvalue weighted by Gasteiger charge is -2.33. The molecule has 1 unspecified atom stereocenters. The van der Waals surface area contributed by atoms with Crippen LogP contribution in [0.2, 0.25) is 0 Å². The average molecular weight is 390 g/mol. The zero-order chi connectivity index (χ0) is 20.3. The third-order valence-electron chi connectivity index (χ3n) is 5.10. The van der Waals surface area contributed by atoms with Crippen molar-refractivity contribution in [2.75, 3.05) is 14.2 Å². The van der Waals surface area contributed by atoms with Gasteiger partial charge in [-0.3, -0.25) is 0 Å². The minimum Gasteiger partial charge on any atom is -0.343 e. The van der Waals surface area contributed by atoms with Crippen LogP contribution in [0.15, 0.2) is 12.1 Å². The monoisotopic (exact) mass is 390 g/mol. The first kappa shape index (κ1) is 23.9. The van der Waals surface area contributed by atoms with Gasteiger partial charge in [-0.05, 0) is 37.3 Å². The van der Waals surface area contributed by atoms with Crippen LogP contribution in [-0.2, 0) is 15.9 Å². The predicted octanol–water partition coefficient (Wildman–Crippen LogP) is 5.73. The van der Waals surface area contributed by atoms with Gasteiger partial charge in [-0.2, -0.15) is 0 Å². The SMILES string of the molecule is CCCCCCCCC(CCCc1cc(F)c(F)cc1F)C(O)(OC)OC. The standard InChI is InChI=1S/C21H33F3O3/c1-4-5-6-7-8-9-12-17(21(25,26-2)27-3)13-10-11-16-14-19(23)20(24)15-18(16)22/h14-15,17,25H,4-13H2,1-3H3. The van der Waals surface area contributed by atoms with Crippen LogP contribution in [0.3, 0.4) is 0 Å². The molecule has 1 N–H and O–H groups in total. The first-order chi connectivity index (χ1) is 12.9. The Kier molecular flexibility index (Phi) is 11.0. The van der Waals surface area contributed by atoms with Crippen LogP contribution in [-0.4, -0.2) is 25.3 Å². The van der Waals surface area contributed by atoms with E-state index in [0.717, 1.165) is 25.3 Å². The number of aryl methyl sites for hydroxylation is 1. The smallest absolute Gasteiger partial charge is 0.282 e. The zero-order valence-electron chi connectivity index (χ0n) is 16.7. The third-order valence-corrected chi connectivity index (χ3v) is 5.10. The summed E-state index contributed by atoms with van der Waals surface area (Å²) in [5.41, 5.74) is 0.130. The molecule has 1 rings (SSSR count). The van der Waals surface area contributed by atoms with E-state index in [1.807, 2.05) is 0 Å². The summed E-state index contributed by atoms with van der Waals surface area (Å²) in [6.45, 7) is 2.17. The van der Waals surface area contributed by atoms with Gasteiger partial charge in [0.05, 0.1) is 0 Å². The maximum absolute atomic E-state index is 13.8. The van der Waals surface area contributed by atoms with E-state index in [-0.39, 0.29) is 17.9 Å². The Balaban J connectivity index is 2.59. The van der Waals surface area contributed by atoms with Crippen molar-refractivity contribution in [3.63, 3.8) is 0 Å². The number of rotatable bonds is 14. The van der Waals surface area contributed by atoms with Crippen molar-refractivity contribution in [3.8, 4) is 0 Å². The van der Waals surface area contributed by atoms with E-state index in [9.17, 15) is 18.3 Å². The van der Waals surface area contributed by atoms with E-state index >= 15 is 0 Å². The van der Waals surface area contributed by atoms with Gasteiger partial charge in [0.2, 0.25) is 0 Å². The predicted molar refractivity (Wildman–Crippen MR) is 99.7 cm³/mol. The van der Waals surface area contributed by atoms with Crippen molar-refractivity contribution in [1.82, 2.24) is 0 Å². The van der Waals surface area contributed by atoms with Gasteiger partial charge < -0.3 is 14.6 Å². The van der Waals surface area contributed by atoms with E-state index in [1.165, 1.54) is 33.5 Å². The summed E-state index contributed by atoms with van der Waals surface area (Å²) >= 11 is 0. The molecule has 0 radical (unpaired) electrons. The first-order valence-corrected chi connectivity index (χ1v) is 9.84. The largest absolute Gasteiger partial charge is 0.343 e. The van der Waals surface area contributed by atoms with Gasteiger partial charge >= 0.3 is 0 Å². The van der Waals surface area contributed by atoms with Gasteiger partial charge in [0.1, 0.15) is 5.82 Å². The van der Waals surface area contributed by atoms with Gasteiger partial charge in [-0.25, -0.2) is 13.2 Å². The lowest BCUT2D eigenvalue weighted by Crippen LogP contribution is -2.42. The third kappa shape index (κ3) is 7.80. The van der Waals surface area contributed by atoms with Crippen LogP contribution in [0.25, 0.3) is 0 Å². The second kappa shape index (κ2) is 12.4. The highest BCUT2D eigenvalue weighted by Crippen LogP contribution is 2.30. The molecule has 6 heteroatoms. The summed E-state index contributed by atoms with van der Waals surface area (Å²) in [7, 11) is 2.76. The number of aliphatic hydroxyl groups is 1. The maximum Gasteiger partial charge on any atom is 0.282 e. The minimum atomic E-state index is -1.70. The van der Waals surface area contributed by atoms with Crippen molar-refractivity contribution in [1.29, 1.82) is 0 Å². The molecule has 0 bridgehead atoms. The lowest BCUT2D eigenvalue weighted by atomic mass is 9.91. The molecule has 156 valence electrons. The molecule has 0 aliphatic rings. The molecule has 0 saturated carbocycles. The van der Waals surface area contributed by atoms with Crippen molar-refractivity contribution in [2.45, 2.75) is 77.1 Å². The highest BCUT2D eigenvalue weighted by Gasteiger charge is 2.36. The quantitative estimate of drug-likeness (QED) is 0.250. The second-order valence-corrected chi connectivity index (χ2v) is 7.04. The molecular weight excluding hydrogens is 357 g/mol. The number of hydrogen-bond donors (Lipinski definition) is 1. The lowest BCUT2D eigenvalue weighted by molar-refractivity contribution is -0.369. The molecule has 1 aromatic carbocycles. The summed E-state index contributed by atoms with van der Waals surface area (Å²) in [5, 5.41) is 10.5. The maximum atomic E-state index is 13.8. The summed E-state index contributed by atoms with van der Waals surface area (Å²) in [6.07, 6.45) is 8.75. The molecule has 0 fully saturated rings. The Labute approximate surface area is 160 Å². The van der Waals surface area contributed by atoms with Crippen LogP contribution >= 0.6 is 0 Å². The fourth-order valence-electron chi connectivity index (χ4n) is 3.39. The van der Waals surface area contributed by atoms with E-state index in [0.29, 0.717) is 25.3 Å². The Morgan fingerprint density at radius 2 is 1.41 bits per heavy atom. The number of unbranched alkanes of at least 4 members (excludes halogenated alkanes) is 5. The Hall–Kier alpha value is -1.11. The zero-order valence-corrected chi connectivity index (χ0v) is 16.7. The molecular formula is C21H33F3O3. The van der Waals surface area contributed by atoms with Gasteiger partial charge in [-0.1, -0.05) is 45.4 Å². The van der Waals surface area contributed by atoms with E-state index < -0.39 is 23.4 Å². The van der Waals surface area contributed by atoms with Crippen LogP contribution < -0.4 is 0 Å². The molecule has 1 atom stereocenters. The number of ether oxygens (including phenoxy) is 2. The molecule has 27 heavy (non-hydrogen) atoms. The van der Waals surface area contributed by atoms with Gasteiger partial charge in [-0.15, -0.1) is 0 Å². The summed E-state index contributed by atoms with van der Waals surface area (Å²) in [4.78, 5) is 0. The first-order valence-electron chi connectivity index (χ1n) is 9.84. The molecule has 0 saturated heterocycles. The minimum absolute atomic E-state index is 0.130. The number of benzene rings is 1. The normalized spacial score (nSPS) is 13.1. The molecule has 0 aliphatic carbocycles. The molecule has 0 aromatic heterocycles. The van der Waals surface area contributed by atoms with Crippen LogP contribution in [0.5, 0.6) is 0 Å². The summed E-state index contributed by atoms with van der Waals surface area (Å²) in [6, 6.07) is 1.46. The van der Waals surface area contributed by atoms with Crippen LogP contribution in [0.1, 0.15) is 70.3 Å². The van der Waals surface area contributed by atoms with Crippen LogP contribution in [0, 0.1) is 23.4 Å². The van der Waals surface area contributed by atoms with Crippen molar-refractivity contribution >= 4 is 0 Å². The molecule has 0 spiro atoms. The van der Waals surface area contributed by atoms with Crippen molar-refractivity contribution < 1.29 is 27.8 Å². The average Bonchev–Trinajstić information content (AvgIpc) is 2.66. The van der Waals surface area contributed by atoms with E-state index in [1.54, 1.807) is 0 Å². The Morgan fingerprint density at radius 3 is 2.04 bits per heavy atom.